The summed E-state index contributed by atoms with van der Waals surface area (Å²) in [5, 5.41) is 3.87. The lowest BCUT2D eigenvalue weighted by Crippen LogP contribution is -2.21. The molecule has 0 saturated carbocycles. The fourth-order valence-corrected chi connectivity index (χ4v) is 5.18. The van der Waals surface area contributed by atoms with Crippen molar-refractivity contribution in [2.75, 3.05) is 24.3 Å². The smallest absolute Gasteiger partial charge is 0.283 e. The molecule has 31 heavy (non-hydrogen) atoms. The molecule has 0 aliphatic heterocycles. The topological polar surface area (TPSA) is 74.7 Å². The van der Waals surface area contributed by atoms with Crippen LogP contribution in [0.3, 0.4) is 0 Å². The molecule has 0 fully saturated rings. The van der Waals surface area contributed by atoms with E-state index in [1.54, 1.807) is 24.3 Å². The Hall–Kier alpha value is -2.71. The van der Waals surface area contributed by atoms with Crippen molar-refractivity contribution in [2.45, 2.75) is 38.0 Å². The largest absolute Gasteiger partial charge is 0.362 e. The first kappa shape index (κ1) is 23.0. The molecule has 0 saturated heterocycles. The van der Waals surface area contributed by atoms with E-state index < -0.39 is 10.0 Å². The third-order valence-corrected chi connectivity index (χ3v) is 7.00. The number of hydrogen-bond donors (Lipinski definition) is 1. The van der Waals surface area contributed by atoms with Crippen molar-refractivity contribution in [3.63, 3.8) is 0 Å². The van der Waals surface area contributed by atoms with Crippen LogP contribution < -0.4 is 14.9 Å². The van der Waals surface area contributed by atoms with Gasteiger partial charge in [-0.3, -0.25) is 0 Å². The predicted molar refractivity (Wildman–Crippen MR) is 129 cm³/mol. The van der Waals surface area contributed by atoms with Crippen LogP contribution in [0.15, 0.2) is 63.9 Å². The van der Waals surface area contributed by atoms with Crippen molar-refractivity contribution in [1.82, 2.24) is 4.98 Å². The third kappa shape index (κ3) is 5.92. The van der Waals surface area contributed by atoms with Gasteiger partial charge >= 0.3 is 0 Å². The number of benzene rings is 2. The van der Waals surface area contributed by atoms with Crippen molar-refractivity contribution in [2.24, 2.45) is 4.40 Å². The summed E-state index contributed by atoms with van der Waals surface area (Å²) in [5.74, 6) is 0.725. The lowest BCUT2D eigenvalue weighted by Gasteiger charge is -2.18. The molecule has 3 rings (SSSR count). The molecular weight excluding hydrogens is 428 g/mol. The summed E-state index contributed by atoms with van der Waals surface area (Å²) < 4.78 is 30.9. The number of anilines is 3. The zero-order valence-electron chi connectivity index (χ0n) is 18.3. The van der Waals surface area contributed by atoms with E-state index in [1.165, 1.54) is 11.3 Å². The summed E-state index contributed by atoms with van der Waals surface area (Å²) in [6, 6.07) is 16.4. The highest BCUT2D eigenvalue weighted by atomic mass is 32.2. The van der Waals surface area contributed by atoms with Crippen molar-refractivity contribution in [1.29, 1.82) is 0 Å². The number of aromatic nitrogens is 1. The van der Waals surface area contributed by atoms with Crippen LogP contribution >= 0.6 is 11.3 Å². The van der Waals surface area contributed by atoms with Gasteiger partial charge in [0.2, 0.25) is 0 Å². The van der Waals surface area contributed by atoms with Gasteiger partial charge in [-0.2, -0.15) is 8.42 Å². The lowest BCUT2D eigenvalue weighted by atomic mass is 10.1. The Morgan fingerprint density at radius 1 is 1.06 bits per heavy atom. The lowest BCUT2D eigenvalue weighted by molar-refractivity contribution is 0.597. The average molecular weight is 457 g/mol. The molecule has 0 atom stereocenters. The standard InChI is InChI=1S/C23H28N4O2S2/c1-5-6-12-20-21(27(3)4)25-23(24-18-10-8-7-9-11-18)30-22(20)26-31(28,29)19-15-13-17(2)14-16-19/h7-11,13-16H,5-6,12H2,1-4H3,(H,24,25)/b26-22+. The molecule has 1 aromatic heterocycles. The summed E-state index contributed by atoms with van der Waals surface area (Å²) in [6.45, 7) is 4.03. The molecule has 0 amide bonds. The molecule has 0 unspecified atom stereocenters. The second kappa shape index (κ2) is 10.1. The van der Waals surface area contributed by atoms with Gasteiger partial charge < -0.3 is 10.2 Å². The Morgan fingerprint density at radius 3 is 2.35 bits per heavy atom. The maximum atomic E-state index is 13.1. The number of hydrogen-bond acceptors (Lipinski definition) is 6. The summed E-state index contributed by atoms with van der Waals surface area (Å²) in [4.78, 5) is 6.87. The number of rotatable bonds is 8. The van der Waals surface area contributed by atoms with Gasteiger partial charge in [0.15, 0.2) is 5.13 Å². The van der Waals surface area contributed by atoms with E-state index in [1.807, 2.05) is 56.3 Å². The van der Waals surface area contributed by atoms with Gasteiger partial charge in [0, 0.05) is 25.3 Å². The van der Waals surface area contributed by atoms with Crippen molar-refractivity contribution >= 4 is 38.0 Å². The Kier molecular flexibility index (Phi) is 7.46. The van der Waals surface area contributed by atoms with Crippen LogP contribution in [0.5, 0.6) is 0 Å². The molecule has 1 N–H and O–H groups in total. The molecule has 164 valence electrons. The number of sulfonamides is 1. The minimum absolute atomic E-state index is 0.188. The van der Waals surface area contributed by atoms with Gasteiger partial charge in [0.1, 0.15) is 10.5 Å². The van der Waals surface area contributed by atoms with Gasteiger partial charge in [-0.15, -0.1) is 4.40 Å². The zero-order chi connectivity index (χ0) is 22.4. The van der Waals surface area contributed by atoms with E-state index >= 15 is 0 Å². The van der Waals surface area contributed by atoms with Crippen LogP contribution in [0.4, 0.5) is 16.6 Å². The van der Waals surface area contributed by atoms with Crippen molar-refractivity contribution < 1.29 is 8.42 Å². The second-order valence-corrected chi connectivity index (χ2v) is 10.1. The Labute approximate surface area is 188 Å². The average Bonchev–Trinajstić information content (AvgIpc) is 2.73. The predicted octanol–water partition coefficient (Wildman–Crippen LogP) is 4.89. The van der Waals surface area contributed by atoms with Crippen LogP contribution in [-0.4, -0.2) is 27.5 Å². The fraction of sp³-hybridized carbons (Fsp3) is 0.304. The number of nitrogens with zero attached hydrogens (tertiary/aromatic N) is 3. The van der Waals surface area contributed by atoms with E-state index in [-0.39, 0.29) is 4.90 Å². The minimum atomic E-state index is -3.85. The maximum Gasteiger partial charge on any atom is 0.283 e. The molecule has 6 nitrogen and oxygen atoms in total. The highest BCUT2D eigenvalue weighted by Gasteiger charge is 2.17. The monoisotopic (exact) mass is 456 g/mol. The normalized spacial score (nSPS) is 12.1. The van der Waals surface area contributed by atoms with Crippen molar-refractivity contribution in [3.8, 4) is 0 Å². The van der Waals surface area contributed by atoms with Crippen LogP contribution in [-0.2, 0) is 16.4 Å². The molecule has 8 heteroatoms. The quantitative estimate of drug-likeness (QED) is 0.522. The van der Waals surface area contributed by atoms with E-state index in [9.17, 15) is 8.42 Å². The van der Waals surface area contributed by atoms with Gasteiger partial charge in [-0.05, 0) is 44.0 Å². The van der Waals surface area contributed by atoms with Crippen molar-refractivity contribution in [3.05, 3.63) is 70.4 Å². The molecule has 1 heterocycles. The highest BCUT2D eigenvalue weighted by molar-refractivity contribution is 7.90. The number of unbranched alkanes of at least 4 members (excludes halogenated alkanes) is 1. The number of para-hydroxylation sites is 1. The van der Waals surface area contributed by atoms with Crippen LogP contribution in [0.25, 0.3) is 0 Å². The van der Waals surface area contributed by atoms with Crippen LogP contribution in [0.1, 0.15) is 30.9 Å². The van der Waals surface area contributed by atoms with Gasteiger partial charge in [-0.25, -0.2) is 4.98 Å². The molecule has 0 aliphatic rings. The molecular formula is C23H28N4O2S2. The Balaban J connectivity index is 2.18. The second-order valence-electron chi connectivity index (χ2n) is 7.49. The van der Waals surface area contributed by atoms with E-state index in [0.29, 0.717) is 16.2 Å². The third-order valence-electron chi connectivity index (χ3n) is 4.68. The Morgan fingerprint density at radius 2 is 1.74 bits per heavy atom. The first-order valence-electron chi connectivity index (χ1n) is 10.2. The Bertz CT molecular complexity index is 1190. The summed E-state index contributed by atoms with van der Waals surface area (Å²) in [5.41, 5.74) is 2.73. The summed E-state index contributed by atoms with van der Waals surface area (Å²) in [7, 11) is -0.0289. The molecule has 3 aromatic rings. The first-order chi connectivity index (χ1) is 14.8. The van der Waals surface area contributed by atoms with Gasteiger partial charge in [0.25, 0.3) is 10.0 Å². The molecule has 0 aliphatic carbocycles. The number of aryl methyl sites for hydroxylation is 1. The van der Waals surface area contributed by atoms with E-state index in [4.69, 9.17) is 4.98 Å². The first-order valence-corrected chi connectivity index (χ1v) is 12.5. The molecule has 0 radical (unpaired) electrons. The minimum Gasteiger partial charge on any atom is -0.362 e. The fourth-order valence-electron chi connectivity index (χ4n) is 3.02. The summed E-state index contributed by atoms with van der Waals surface area (Å²) >= 11 is 1.26. The highest BCUT2D eigenvalue weighted by Crippen LogP contribution is 2.24. The van der Waals surface area contributed by atoms with Crippen LogP contribution in [0, 0.1) is 6.92 Å². The number of nitrogens with one attached hydrogen (secondary N) is 1. The van der Waals surface area contributed by atoms with Gasteiger partial charge in [0.05, 0.1) is 4.90 Å². The zero-order valence-corrected chi connectivity index (χ0v) is 19.9. The molecule has 0 spiro atoms. The van der Waals surface area contributed by atoms with Gasteiger partial charge in [-0.1, -0.05) is 60.6 Å². The summed E-state index contributed by atoms with van der Waals surface area (Å²) in [6.07, 6.45) is 2.63. The molecule has 0 bridgehead atoms. The molecule has 2 aromatic carbocycles. The maximum absolute atomic E-state index is 13.1. The van der Waals surface area contributed by atoms with E-state index in [2.05, 4.69) is 16.6 Å². The SMILES string of the molecule is CCCCc1c(N(C)C)nc(Nc2ccccc2)s/c1=N/S(=O)(=O)c1ccc(C)cc1. The van der Waals surface area contributed by atoms with Crippen LogP contribution in [0.2, 0.25) is 0 Å². The van der Waals surface area contributed by atoms with E-state index in [0.717, 1.165) is 35.5 Å².